The molecule has 0 aliphatic carbocycles. The highest BCUT2D eigenvalue weighted by atomic mass is 35.5. The normalized spacial score (nSPS) is 17.6. The van der Waals surface area contributed by atoms with Crippen LogP contribution in [0.3, 0.4) is 0 Å². The molecule has 0 bridgehead atoms. The molecule has 5 aliphatic heterocycles. The quantitative estimate of drug-likeness (QED) is 0.0529. The van der Waals surface area contributed by atoms with Crippen molar-refractivity contribution < 1.29 is 38.1 Å². The number of nitrogen functional groups attached to an aromatic ring is 2. The first kappa shape index (κ1) is 93.5. The number of rotatable bonds is 5. The summed E-state index contributed by atoms with van der Waals surface area (Å²) in [5.74, 6) is 11.8. The number of nitrogens with one attached hydrogen (secondary N) is 4. The second-order valence-electron chi connectivity index (χ2n) is 33.5. The van der Waals surface area contributed by atoms with Crippen LogP contribution in [-0.2, 0) is 18.9 Å². The van der Waals surface area contributed by atoms with E-state index >= 15 is 0 Å². The van der Waals surface area contributed by atoms with Crippen molar-refractivity contribution in [2.45, 2.75) is 235 Å². The predicted molar refractivity (Wildman–Crippen MR) is 474 cm³/mol. The summed E-state index contributed by atoms with van der Waals surface area (Å²) in [5.41, 5.74) is 22.6. The first-order chi connectivity index (χ1) is 56.1. The molecule has 5 fully saturated rings. The largest absolute Gasteiger partial charge is 0.444 e. The zero-order valence-corrected chi connectivity index (χ0v) is 75.0. The summed E-state index contributed by atoms with van der Waals surface area (Å²) < 4.78 is 21.8. The number of ether oxygens (including phenoxy) is 4. The van der Waals surface area contributed by atoms with Gasteiger partial charge in [-0.25, -0.2) is 69.0 Å². The fourth-order valence-electron chi connectivity index (χ4n) is 14.0. The van der Waals surface area contributed by atoms with Gasteiger partial charge in [0.25, 0.3) is 0 Å². The van der Waals surface area contributed by atoms with Gasteiger partial charge < -0.3 is 50.7 Å². The molecule has 15 rings (SSSR count). The van der Waals surface area contributed by atoms with Crippen molar-refractivity contribution >= 4 is 128 Å². The first-order valence-corrected chi connectivity index (χ1v) is 41.4. The number of likely N-dealkylation sites (tertiary alicyclic amines) is 4. The topological polar surface area (TPSA) is 358 Å². The number of aromatic amines is 3. The molecule has 5 aliphatic rings. The van der Waals surface area contributed by atoms with Crippen LogP contribution in [0.1, 0.15) is 217 Å². The lowest BCUT2D eigenvalue weighted by Crippen LogP contribution is -2.39. The summed E-state index contributed by atoms with van der Waals surface area (Å²) >= 11 is 23.2. The number of halogens is 5. The highest BCUT2D eigenvalue weighted by molar-refractivity contribution is 6.37. The Kier molecular flexibility index (Phi) is 31.5. The van der Waals surface area contributed by atoms with E-state index in [9.17, 15) is 19.2 Å². The monoisotopic (exact) mass is 1740 g/mol. The minimum Gasteiger partial charge on any atom is -0.444 e. The molecule has 33 heteroatoms. The van der Waals surface area contributed by atoms with E-state index in [4.69, 9.17) is 83.2 Å². The number of fused-ring (bicyclic) bond motifs is 3. The number of aryl methyl sites for hydroxylation is 5. The number of terminal acetylenes is 1. The Hall–Kier alpha value is -10.3. The van der Waals surface area contributed by atoms with Gasteiger partial charge in [0.05, 0.1) is 63.1 Å². The van der Waals surface area contributed by atoms with Crippen molar-refractivity contribution in [3.63, 3.8) is 0 Å². The Balaban J connectivity index is 0.000000167. The molecule has 5 saturated heterocycles. The average Bonchev–Trinajstić information content (AvgIpc) is 1.88. The van der Waals surface area contributed by atoms with Crippen LogP contribution in [0.4, 0.5) is 30.6 Å². The lowest BCUT2D eigenvalue weighted by Gasteiger charge is -2.28. The van der Waals surface area contributed by atoms with Gasteiger partial charge in [0, 0.05) is 60.4 Å². The van der Waals surface area contributed by atoms with Gasteiger partial charge in [0.2, 0.25) is 0 Å². The van der Waals surface area contributed by atoms with E-state index in [0.29, 0.717) is 66.1 Å². The van der Waals surface area contributed by atoms with Crippen LogP contribution in [0, 0.1) is 58.8 Å². The highest BCUT2D eigenvalue weighted by Gasteiger charge is 2.38. The average molecular weight is 1740 g/mol. The molecule has 0 spiro atoms. The molecule has 8 N–H and O–H groups in total. The smallest absolute Gasteiger partial charge is 0.411 e. The lowest BCUT2D eigenvalue weighted by molar-refractivity contribution is 0.0211. The van der Waals surface area contributed by atoms with Crippen molar-refractivity contribution in [1.82, 2.24) is 89.7 Å². The maximum Gasteiger partial charge on any atom is 0.411 e. The molecule has 0 unspecified atom stereocenters. The summed E-state index contributed by atoms with van der Waals surface area (Å²) in [4.78, 5) is 109. The Bertz CT molecular complexity index is 5340. The SMILES string of the molecule is C#C[C@@H]1CCCN1C(=O)OC(C)(C)C.Cc1nc(-c2ccccc2)c2[nH]c([C@@H]3CCCN3)cc2n1.Cc1nc(-c2ccccc2)c2[nH]c([C@@H]3CCCN3C(=O)OC(C)(C)C)cc2n1.Cc1nc(Cl)c(N)c(C#C[C@@H]2CCCN2C(=O)OC(C)(C)C)n1.Cc1nc(Cl)c(N)c(Cl)n1.Cc1nc(Cl)c2[nH]c([C@@H]3CCCN3C(=O)OC(C)(C)C)cc2n1.Cl. The Morgan fingerprint density at radius 1 is 0.433 bits per heavy atom. The summed E-state index contributed by atoms with van der Waals surface area (Å²) in [7, 11) is 0. The maximum atomic E-state index is 12.7. The third kappa shape index (κ3) is 25.4. The van der Waals surface area contributed by atoms with Crippen molar-refractivity contribution in [3.05, 3.63) is 151 Å². The van der Waals surface area contributed by atoms with E-state index in [1.54, 1.807) is 35.5 Å². The van der Waals surface area contributed by atoms with Gasteiger partial charge in [-0.15, -0.1) is 18.8 Å². The van der Waals surface area contributed by atoms with Gasteiger partial charge in [0.15, 0.2) is 20.6 Å². The molecule has 0 saturated carbocycles. The van der Waals surface area contributed by atoms with E-state index in [0.717, 1.165) is 131 Å². The Morgan fingerprint density at radius 3 is 1.22 bits per heavy atom. The van der Waals surface area contributed by atoms with Crippen LogP contribution in [0.5, 0.6) is 0 Å². The van der Waals surface area contributed by atoms with Gasteiger partial charge in [-0.2, -0.15) is 0 Å². The van der Waals surface area contributed by atoms with Crippen LogP contribution in [-0.4, -0.2) is 176 Å². The zero-order chi connectivity index (χ0) is 86.6. The van der Waals surface area contributed by atoms with E-state index in [1.807, 2.05) is 162 Å². The molecule has 8 aromatic heterocycles. The molecule has 120 heavy (non-hydrogen) atoms. The lowest BCUT2D eigenvalue weighted by atomic mass is 10.1. The van der Waals surface area contributed by atoms with Gasteiger partial charge in [-0.05, 0) is 213 Å². The fourth-order valence-corrected chi connectivity index (χ4v) is 15.0. The molecule has 0 radical (unpaired) electrons. The van der Waals surface area contributed by atoms with Crippen LogP contribution in [0.15, 0.2) is 78.9 Å². The number of carbonyl (C=O) groups excluding carboxylic acids is 4. The molecule has 10 aromatic rings. The van der Waals surface area contributed by atoms with Gasteiger partial charge in [-0.3, -0.25) is 19.6 Å². The molecule has 640 valence electrons. The zero-order valence-electron chi connectivity index (χ0n) is 71.2. The van der Waals surface area contributed by atoms with E-state index < -0.39 is 22.4 Å². The summed E-state index contributed by atoms with van der Waals surface area (Å²) in [6.45, 7) is 35.3. The third-order valence-electron chi connectivity index (χ3n) is 19.1. The second kappa shape index (κ2) is 40.4. The molecule has 13 heterocycles. The highest BCUT2D eigenvalue weighted by Crippen LogP contribution is 2.39. The van der Waals surface area contributed by atoms with Crippen molar-refractivity contribution in [3.8, 4) is 46.7 Å². The van der Waals surface area contributed by atoms with Crippen molar-refractivity contribution in [2.75, 3.05) is 44.2 Å². The van der Waals surface area contributed by atoms with E-state index in [2.05, 4.69) is 106 Å². The number of hydrogen-bond donors (Lipinski definition) is 6. The number of aromatic nitrogens is 13. The fraction of sp³-hybridized carbons (Fsp3) is 0.471. The molecule has 5 atom stereocenters. The van der Waals surface area contributed by atoms with Crippen molar-refractivity contribution in [2.24, 2.45) is 0 Å². The van der Waals surface area contributed by atoms with E-state index in [-0.39, 0.29) is 87.8 Å². The number of H-pyrrole nitrogens is 3. The number of amides is 4. The summed E-state index contributed by atoms with van der Waals surface area (Å²) in [6, 6.07) is 26.6. The van der Waals surface area contributed by atoms with Crippen LogP contribution < -0.4 is 16.8 Å². The number of hydrogen-bond acceptors (Lipinski definition) is 21. The minimum absolute atomic E-state index is 0. The minimum atomic E-state index is -0.528. The number of benzene rings is 2. The van der Waals surface area contributed by atoms with Crippen molar-refractivity contribution in [1.29, 1.82) is 0 Å². The molecular weight excluding hydrogens is 1630 g/mol. The number of carbonyl (C=O) groups is 4. The number of nitrogens with zero attached hydrogens (tertiary/aromatic N) is 14. The van der Waals surface area contributed by atoms with Crippen LogP contribution in [0.25, 0.3) is 55.6 Å². The third-order valence-corrected chi connectivity index (χ3v) is 20.2. The van der Waals surface area contributed by atoms with E-state index in [1.165, 1.54) is 18.5 Å². The number of anilines is 2. The standard InChI is InChI=1S/C22H26N4O2.C17H18N4.2C16H21ClN4O2.C11H17NO2.C5H5Cl2N3.ClH/c1-14-23-17-13-16(18-11-8-12-26(18)21(27)28-22(2,3)4)25-20(17)19(24-14)15-9-6-5-7-10-15;1-11-19-15-10-14(13-8-5-9-18-13)21-17(15)16(20-11)12-6-3-2-4-7-12;1-9-18-11-8-10(20-13(11)14(17)19-9)12-6-5-7-21(12)15(22)23-16(2,3)4;1-10-19-12(13(18)14(17)20-10)8-7-11-6-5-9-21(11)15(22)23-16(2,3)4;1-5-9-7-6-8-12(9)10(13)14-11(2,3)4;1-2-9-4(6)3(8)5(7)10-2;/h5-7,9-10,13,18,25H,8,11-12H2,1-4H3;2-4,6-7,10,13,18,21H,5,8-9H2,1H3;8,12,20H,5-7H2,1-4H3;11H,5-6,9,18H2,1-4H3;1,9H,6-8H2,2-4H3;8H2,1H3;1H/t18-;13-;12-;11-;9-;;/m00001../s1. The Labute approximate surface area is 727 Å². The second-order valence-corrected chi connectivity index (χ2v) is 34.9. The molecular formula is C87H109Cl5N20O8. The molecule has 28 nitrogen and oxygen atoms in total. The van der Waals surface area contributed by atoms with Gasteiger partial charge in [0.1, 0.15) is 74.1 Å². The maximum absolute atomic E-state index is 12.7. The van der Waals surface area contributed by atoms with Gasteiger partial charge >= 0.3 is 24.4 Å². The molecule has 2 aromatic carbocycles. The summed E-state index contributed by atoms with van der Waals surface area (Å²) in [6.07, 6.45) is 13.8. The van der Waals surface area contributed by atoms with Crippen LogP contribution in [0.2, 0.25) is 20.6 Å². The van der Waals surface area contributed by atoms with Crippen LogP contribution >= 0.6 is 58.8 Å². The first-order valence-electron chi connectivity index (χ1n) is 39.9. The summed E-state index contributed by atoms with van der Waals surface area (Å²) in [5, 5.41) is 4.54. The number of nitrogens with two attached hydrogens (primary N) is 2. The Morgan fingerprint density at radius 2 is 0.783 bits per heavy atom. The molecule has 4 amide bonds. The van der Waals surface area contributed by atoms with Gasteiger partial charge in [-0.1, -0.05) is 119 Å². The predicted octanol–water partition coefficient (Wildman–Crippen LogP) is 19.2.